The van der Waals surface area contributed by atoms with Crippen molar-refractivity contribution in [3.8, 4) is 11.5 Å². The van der Waals surface area contributed by atoms with Gasteiger partial charge in [0.05, 0.1) is 20.8 Å². The van der Waals surface area contributed by atoms with E-state index < -0.39 is 17.9 Å². The van der Waals surface area contributed by atoms with E-state index in [-0.39, 0.29) is 22.1 Å². The van der Waals surface area contributed by atoms with Crippen molar-refractivity contribution in [3.05, 3.63) is 34.6 Å². The number of benzene rings is 1. The summed E-state index contributed by atoms with van der Waals surface area (Å²) < 4.78 is 49.3. The highest BCUT2D eigenvalue weighted by Gasteiger charge is 2.38. The third kappa shape index (κ3) is 3.27. The Kier molecular flexibility index (Phi) is 4.68. The number of aromatic nitrogens is 4. The molecule has 0 unspecified atom stereocenters. The van der Waals surface area contributed by atoms with Crippen LogP contribution in [0, 0.1) is 0 Å². The zero-order valence-electron chi connectivity index (χ0n) is 13.5. The van der Waals surface area contributed by atoms with E-state index in [1.165, 1.54) is 14.2 Å². The molecule has 2 aromatic heterocycles. The van der Waals surface area contributed by atoms with E-state index in [2.05, 4.69) is 20.6 Å². The normalized spacial score (nSPS) is 11.6. The number of carbonyl (C=O) groups is 1. The summed E-state index contributed by atoms with van der Waals surface area (Å²) in [5, 5.41) is 13.1. The fourth-order valence-corrected chi connectivity index (χ4v) is 3.00. The number of nitrogens with one attached hydrogen (secondary N) is 1. The quantitative estimate of drug-likeness (QED) is 0.722. The summed E-state index contributed by atoms with van der Waals surface area (Å²) in [6.45, 7) is -0.0919. The van der Waals surface area contributed by atoms with Gasteiger partial charge in [-0.1, -0.05) is 17.4 Å². The van der Waals surface area contributed by atoms with Crippen molar-refractivity contribution in [2.24, 2.45) is 0 Å². The van der Waals surface area contributed by atoms with Crippen molar-refractivity contribution in [1.82, 2.24) is 25.1 Å². The predicted octanol–water partition coefficient (Wildman–Crippen LogP) is 2.15. The number of halogens is 3. The standard InChI is InChI=1S/C14H12F3N5O3S/c1-24-7-4-3-5-8(25-2)10(7)11(23)18-6-9-21-22-12(14(15,16)17)19-20-13(22)26-9/h3-5H,6H2,1-2H3,(H,18,23). The van der Waals surface area contributed by atoms with Crippen molar-refractivity contribution in [1.29, 1.82) is 0 Å². The second-order valence-electron chi connectivity index (χ2n) is 4.93. The van der Waals surface area contributed by atoms with Crippen LogP contribution in [-0.2, 0) is 12.7 Å². The average molecular weight is 387 g/mol. The van der Waals surface area contributed by atoms with Crippen LogP contribution in [0.4, 0.5) is 13.2 Å². The largest absolute Gasteiger partial charge is 0.496 e. The Bertz CT molecular complexity index is 931. The second kappa shape index (κ2) is 6.78. The lowest BCUT2D eigenvalue weighted by Gasteiger charge is -2.12. The molecule has 2 heterocycles. The molecule has 0 bridgehead atoms. The Labute approximate surface area is 148 Å². The number of fused-ring (bicyclic) bond motifs is 1. The molecule has 0 aliphatic carbocycles. The minimum atomic E-state index is -4.67. The molecule has 0 aliphatic rings. The van der Waals surface area contributed by atoms with E-state index in [0.717, 1.165) is 11.3 Å². The van der Waals surface area contributed by atoms with Crippen LogP contribution in [0.1, 0.15) is 21.2 Å². The minimum Gasteiger partial charge on any atom is -0.496 e. The van der Waals surface area contributed by atoms with E-state index in [9.17, 15) is 18.0 Å². The van der Waals surface area contributed by atoms with Crippen LogP contribution in [0.15, 0.2) is 18.2 Å². The highest BCUT2D eigenvalue weighted by molar-refractivity contribution is 7.16. The molecule has 0 atom stereocenters. The number of rotatable bonds is 5. The van der Waals surface area contributed by atoms with Crippen LogP contribution in [0.3, 0.4) is 0 Å². The fraction of sp³-hybridized carbons (Fsp3) is 0.286. The highest BCUT2D eigenvalue weighted by atomic mass is 32.1. The lowest BCUT2D eigenvalue weighted by atomic mass is 10.1. The molecular formula is C14H12F3N5O3S. The highest BCUT2D eigenvalue weighted by Crippen LogP contribution is 2.30. The van der Waals surface area contributed by atoms with Gasteiger partial charge in [-0.05, 0) is 12.1 Å². The van der Waals surface area contributed by atoms with Gasteiger partial charge < -0.3 is 14.8 Å². The van der Waals surface area contributed by atoms with Gasteiger partial charge in [-0.15, -0.1) is 10.2 Å². The zero-order valence-corrected chi connectivity index (χ0v) is 14.3. The SMILES string of the molecule is COc1cccc(OC)c1C(=O)NCc1nn2c(C(F)(F)F)nnc2s1. The number of hydrogen-bond acceptors (Lipinski definition) is 7. The first-order valence-corrected chi connectivity index (χ1v) is 7.94. The number of carbonyl (C=O) groups excluding carboxylic acids is 1. The summed E-state index contributed by atoms with van der Waals surface area (Å²) in [6.07, 6.45) is -4.67. The van der Waals surface area contributed by atoms with E-state index in [0.29, 0.717) is 16.0 Å². The van der Waals surface area contributed by atoms with Crippen LogP contribution in [0.5, 0.6) is 11.5 Å². The van der Waals surface area contributed by atoms with E-state index in [4.69, 9.17) is 9.47 Å². The maximum absolute atomic E-state index is 12.8. The maximum atomic E-state index is 12.8. The molecule has 8 nitrogen and oxygen atoms in total. The zero-order chi connectivity index (χ0) is 18.9. The third-order valence-corrected chi connectivity index (χ3v) is 4.24. The Hall–Kier alpha value is -2.89. The van der Waals surface area contributed by atoms with Crippen LogP contribution >= 0.6 is 11.3 Å². The van der Waals surface area contributed by atoms with Gasteiger partial charge in [0, 0.05) is 0 Å². The van der Waals surface area contributed by atoms with E-state index in [1.54, 1.807) is 18.2 Å². The minimum absolute atomic E-state index is 0.0172. The molecule has 0 saturated carbocycles. The van der Waals surface area contributed by atoms with Gasteiger partial charge in [-0.2, -0.15) is 22.8 Å². The Morgan fingerprint density at radius 3 is 2.46 bits per heavy atom. The number of amides is 1. The molecule has 26 heavy (non-hydrogen) atoms. The molecule has 0 fully saturated rings. The van der Waals surface area contributed by atoms with Gasteiger partial charge in [0.2, 0.25) is 4.96 Å². The van der Waals surface area contributed by atoms with E-state index in [1.807, 2.05) is 0 Å². The maximum Gasteiger partial charge on any atom is 0.453 e. The number of methoxy groups -OCH3 is 2. The lowest BCUT2D eigenvalue weighted by Crippen LogP contribution is -2.24. The van der Waals surface area contributed by atoms with Crippen molar-refractivity contribution in [3.63, 3.8) is 0 Å². The van der Waals surface area contributed by atoms with Crippen molar-refractivity contribution >= 4 is 22.2 Å². The molecule has 0 radical (unpaired) electrons. The third-order valence-electron chi connectivity index (χ3n) is 3.34. The van der Waals surface area contributed by atoms with Gasteiger partial charge in [-0.25, -0.2) is 0 Å². The molecule has 3 aromatic rings. The molecule has 0 spiro atoms. The summed E-state index contributed by atoms with van der Waals surface area (Å²) in [7, 11) is 2.82. The number of alkyl halides is 3. The van der Waals surface area contributed by atoms with Crippen LogP contribution in [-0.4, -0.2) is 39.9 Å². The monoisotopic (exact) mass is 387 g/mol. The average Bonchev–Trinajstić information content (AvgIpc) is 3.18. The molecule has 0 aliphatic heterocycles. The second-order valence-corrected chi connectivity index (χ2v) is 5.97. The van der Waals surface area contributed by atoms with Crippen LogP contribution in [0.2, 0.25) is 0 Å². The first kappa shape index (κ1) is 17.9. The molecule has 1 aromatic carbocycles. The van der Waals surface area contributed by atoms with E-state index >= 15 is 0 Å². The smallest absolute Gasteiger partial charge is 0.453 e. The van der Waals surface area contributed by atoms with Gasteiger partial charge in [-0.3, -0.25) is 4.79 Å². The van der Waals surface area contributed by atoms with Gasteiger partial charge in [0.15, 0.2) is 0 Å². The fourth-order valence-electron chi connectivity index (χ4n) is 2.22. The van der Waals surface area contributed by atoms with Crippen LogP contribution in [0.25, 0.3) is 4.96 Å². The summed E-state index contributed by atoms with van der Waals surface area (Å²) in [5.41, 5.74) is 0.177. The summed E-state index contributed by atoms with van der Waals surface area (Å²) in [6, 6.07) is 4.85. The van der Waals surface area contributed by atoms with Gasteiger partial charge in [0.25, 0.3) is 11.7 Å². The topological polar surface area (TPSA) is 90.6 Å². The number of ether oxygens (including phenoxy) is 2. The summed E-state index contributed by atoms with van der Waals surface area (Å²) >= 11 is 0.892. The molecule has 1 N–H and O–H groups in total. The Balaban J connectivity index is 1.81. The molecule has 0 saturated heterocycles. The molecule has 3 rings (SSSR count). The Morgan fingerprint density at radius 1 is 1.23 bits per heavy atom. The predicted molar refractivity (Wildman–Crippen MR) is 84.4 cm³/mol. The lowest BCUT2D eigenvalue weighted by molar-refractivity contribution is -0.146. The molecular weight excluding hydrogens is 375 g/mol. The Morgan fingerprint density at radius 2 is 1.88 bits per heavy atom. The first-order valence-electron chi connectivity index (χ1n) is 7.12. The first-order chi connectivity index (χ1) is 12.3. The number of hydrogen-bond donors (Lipinski definition) is 1. The van der Waals surface area contributed by atoms with Crippen molar-refractivity contribution in [2.75, 3.05) is 14.2 Å². The molecule has 138 valence electrons. The summed E-state index contributed by atoms with van der Waals surface area (Å²) in [5.74, 6) is -1.12. The molecule has 1 amide bonds. The van der Waals surface area contributed by atoms with Gasteiger partial charge in [0.1, 0.15) is 22.1 Å². The van der Waals surface area contributed by atoms with Crippen molar-refractivity contribution < 1.29 is 27.4 Å². The molecule has 12 heteroatoms. The van der Waals surface area contributed by atoms with Crippen LogP contribution < -0.4 is 14.8 Å². The van der Waals surface area contributed by atoms with Gasteiger partial charge >= 0.3 is 6.18 Å². The number of nitrogens with zero attached hydrogens (tertiary/aromatic N) is 4. The summed E-state index contributed by atoms with van der Waals surface area (Å²) in [4.78, 5) is 12.4. The van der Waals surface area contributed by atoms with Crippen molar-refractivity contribution in [2.45, 2.75) is 12.7 Å².